The molecule has 1 aromatic heterocycles. The molecule has 1 amide bonds. The molecule has 1 N–H and O–H groups in total. The van der Waals surface area contributed by atoms with Crippen LogP contribution in [0.2, 0.25) is 10.0 Å². The first kappa shape index (κ1) is 20.4. The average molecular weight is 438 g/mol. The second-order valence-corrected chi connectivity index (χ2v) is 7.34. The van der Waals surface area contributed by atoms with E-state index in [-0.39, 0.29) is 5.91 Å². The third kappa shape index (κ3) is 4.73. The molecule has 0 fully saturated rings. The topological polar surface area (TPSA) is 73.3 Å². The van der Waals surface area contributed by atoms with Crippen LogP contribution in [0.4, 0.5) is 5.13 Å². The smallest absolute Gasteiger partial charge is 0.257 e. The van der Waals surface area contributed by atoms with E-state index in [0.717, 1.165) is 0 Å². The number of benzene rings is 2. The first-order valence-electron chi connectivity index (χ1n) is 8.51. The van der Waals surface area contributed by atoms with Gasteiger partial charge >= 0.3 is 0 Å². The maximum absolute atomic E-state index is 12.6. The molecule has 3 rings (SSSR count). The molecule has 0 radical (unpaired) electrons. The van der Waals surface area contributed by atoms with Crippen LogP contribution in [0.1, 0.15) is 24.2 Å². The van der Waals surface area contributed by atoms with E-state index in [1.807, 2.05) is 13.8 Å². The van der Waals surface area contributed by atoms with Crippen molar-refractivity contribution < 1.29 is 14.3 Å². The van der Waals surface area contributed by atoms with Gasteiger partial charge in [-0.1, -0.05) is 34.5 Å². The van der Waals surface area contributed by atoms with E-state index >= 15 is 0 Å². The van der Waals surface area contributed by atoms with Gasteiger partial charge in [-0.05, 0) is 50.2 Å². The Morgan fingerprint density at radius 1 is 1.04 bits per heavy atom. The van der Waals surface area contributed by atoms with Gasteiger partial charge < -0.3 is 9.47 Å². The van der Waals surface area contributed by atoms with Crippen LogP contribution >= 0.6 is 34.5 Å². The van der Waals surface area contributed by atoms with Gasteiger partial charge in [0.25, 0.3) is 5.91 Å². The summed E-state index contributed by atoms with van der Waals surface area (Å²) in [6.45, 7) is 4.72. The third-order valence-corrected chi connectivity index (χ3v) is 5.03. The molecule has 0 spiro atoms. The van der Waals surface area contributed by atoms with E-state index in [0.29, 0.717) is 56.0 Å². The molecule has 0 unspecified atom stereocenters. The monoisotopic (exact) mass is 437 g/mol. The summed E-state index contributed by atoms with van der Waals surface area (Å²) in [5, 5.41) is 12.8. The molecule has 2 aromatic carbocycles. The zero-order valence-electron chi connectivity index (χ0n) is 15.2. The van der Waals surface area contributed by atoms with Gasteiger partial charge in [-0.3, -0.25) is 10.1 Å². The second kappa shape index (κ2) is 9.23. The van der Waals surface area contributed by atoms with Crippen LogP contribution in [-0.2, 0) is 0 Å². The molecule has 3 aromatic rings. The van der Waals surface area contributed by atoms with Crippen molar-refractivity contribution in [1.82, 2.24) is 10.2 Å². The first-order chi connectivity index (χ1) is 13.5. The molecule has 0 saturated heterocycles. The Kier molecular flexibility index (Phi) is 6.72. The number of hydrogen-bond donors (Lipinski definition) is 1. The van der Waals surface area contributed by atoms with Crippen molar-refractivity contribution in [3.63, 3.8) is 0 Å². The van der Waals surface area contributed by atoms with E-state index in [1.165, 1.54) is 11.3 Å². The predicted molar refractivity (Wildman–Crippen MR) is 112 cm³/mol. The minimum atomic E-state index is -0.325. The lowest BCUT2D eigenvalue weighted by molar-refractivity contribution is 0.102. The Morgan fingerprint density at radius 2 is 1.79 bits per heavy atom. The van der Waals surface area contributed by atoms with Crippen LogP contribution in [0.3, 0.4) is 0 Å². The Labute approximate surface area is 176 Å². The average Bonchev–Trinajstić information content (AvgIpc) is 3.11. The lowest BCUT2D eigenvalue weighted by Gasteiger charge is -2.12. The predicted octanol–water partition coefficient (Wildman–Crippen LogP) is 5.56. The molecule has 0 aliphatic carbocycles. The number of aromatic nitrogens is 2. The van der Waals surface area contributed by atoms with Gasteiger partial charge in [-0.15, -0.1) is 10.2 Å². The van der Waals surface area contributed by atoms with Gasteiger partial charge in [0.05, 0.1) is 18.2 Å². The summed E-state index contributed by atoms with van der Waals surface area (Å²) < 4.78 is 11.1. The van der Waals surface area contributed by atoms with E-state index in [1.54, 1.807) is 36.4 Å². The van der Waals surface area contributed by atoms with Crippen molar-refractivity contribution in [3.05, 3.63) is 52.0 Å². The van der Waals surface area contributed by atoms with Gasteiger partial charge in [0.15, 0.2) is 16.5 Å². The summed E-state index contributed by atoms with van der Waals surface area (Å²) in [6.07, 6.45) is 0. The summed E-state index contributed by atoms with van der Waals surface area (Å²) in [4.78, 5) is 12.6. The molecule has 6 nitrogen and oxygen atoms in total. The molecule has 0 saturated carbocycles. The summed E-state index contributed by atoms with van der Waals surface area (Å²) in [6, 6.07) is 10.1. The number of anilines is 1. The van der Waals surface area contributed by atoms with Crippen molar-refractivity contribution in [2.45, 2.75) is 13.8 Å². The number of ether oxygens (including phenoxy) is 2. The number of halogens is 2. The summed E-state index contributed by atoms with van der Waals surface area (Å²) in [5.74, 6) is 0.785. The molecule has 146 valence electrons. The zero-order chi connectivity index (χ0) is 20.1. The number of carbonyl (C=O) groups is 1. The number of hydrogen-bond acceptors (Lipinski definition) is 6. The van der Waals surface area contributed by atoms with Gasteiger partial charge in [-0.25, -0.2) is 0 Å². The van der Waals surface area contributed by atoms with Crippen LogP contribution in [0.15, 0.2) is 36.4 Å². The standard InChI is InChI=1S/C19H17Cl2N3O3S/c1-3-26-15-8-5-11(9-16(15)27-4-2)17(25)22-19-24-23-18(28-19)13-7-6-12(20)10-14(13)21/h5-10H,3-4H2,1-2H3,(H,22,24,25). The number of amides is 1. The molecule has 0 aliphatic heterocycles. The van der Waals surface area contributed by atoms with Crippen molar-refractivity contribution in [3.8, 4) is 22.1 Å². The van der Waals surface area contributed by atoms with Gasteiger partial charge in [0, 0.05) is 16.1 Å². The quantitative estimate of drug-likeness (QED) is 0.523. The van der Waals surface area contributed by atoms with E-state index in [9.17, 15) is 4.79 Å². The van der Waals surface area contributed by atoms with Gasteiger partial charge in [0.1, 0.15) is 0 Å². The summed E-state index contributed by atoms with van der Waals surface area (Å²) in [5.41, 5.74) is 1.12. The molecule has 1 heterocycles. The lowest BCUT2D eigenvalue weighted by atomic mass is 10.2. The number of carbonyl (C=O) groups excluding carboxylic acids is 1. The second-order valence-electron chi connectivity index (χ2n) is 5.52. The van der Waals surface area contributed by atoms with Crippen LogP contribution in [0.25, 0.3) is 10.6 Å². The SMILES string of the molecule is CCOc1ccc(C(=O)Nc2nnc(-c3ccc(Cl)cc3Cl)s2)cc1OCC. The highest BCUT2D eigenvalue weighted by Gasteiger charge is 2.15. The minimum absolute atomic E-state index is 0.325. The van der Waals surface area contributed by atoms with Crippen molar-refractivity contribution in [2.75, 3.05) is 18.5 Å². The van der Waals surface area contributed by atoms with Crippen molar-refractivity contribution in [2.24, 2.45) is 0 Å². The highest BCUT2D eigenvalue weighted by molar-refractivity contribution is 7.18. The van der Waals surface area contributed by atoms with Crippen LogP contribution < -0.4 is 14.8 Å². The Bertz CT molecular complexity index is 994. The maximum Gasteiger partial charge on any atom is 0.257 e. The molecule has 0 aliphatic rings. The van der Waals surface area contributed by atoms with Crippen molar-refractivity contribution in [1.29, 1.82) is 0 Å². The summed E-state index contributed by atoms with van der Waals surface area (Å²) in [7, 11) is 0. The minimum Gasteiger partial charge on any atom is -0.490 e. The lowest BCUT2D eigenvalue weighted by Crippen LogP contribution is -2.12. The summed E-state index contributed by atoms with van der Waals surface area (Å²) >= 11 is 13.3. The number of nitrogens with one attached hydrogen (secondary N) is 1. The molecule has 0 atom stereocenters. The molecule has 28 heavy (non-hydrogen) atoms. The van der Waals surface area contributed by atoms with Crippen LogP contribution in [0.5, 0.6) is 11.5 Å². The fourth-order valence-corrected chi connectivity index (χ4v) is 3.74. The fourth-order valence-electron chi connectivity index (χ4n) is 2.41. The Morgan fingerprint density at radius 3 is 2.50 bits per heavy atom. The first-order valence-corrected chi connectivity index (χ1v) is 10.1. The normalized spacial score (nSPS) is 10.6. The molecule has 0 bridgehead atoms. The highest BCUT2D eigenvalue weighted by Crippen LogP contribution is 2.34. The van der Waals surface area contributed by atoms with Gasteiger partial charge in [0.2, 0.25) is 5.13 Å². The van der Waals surface area contributed by atoms with Crippen LogP contribution in [0, 0.1) is 0 Å². The molecular formula is C19H17Cl2N3O3S. The van der Waals surface area contributed by atoms with Gasteiger partial charge in [-0.2, -0.15) is 0 Å². The largest absolute Gasteiger partial charge is 0.490 e. The number of nitrogens with zero attached hydrogens (tertiary/aromatic N) is 2. The third-order valence-electron chi connectivity index (χ3n) is 3.61. The molecular weight excluding hydrogens is 421 g/mol. The van der Waals surface area contributed by atoms with E-state index in [4.69, 9.17) is 32.7 Å². The van der Waals surface area contributed by atoms with Crippen molar-refractivity contribution >= 4 is 45.6 Å². The Hall–Kier alpha value is -2.35. The van der Waals surface area contributed by atoms with Crippen LogP contribution in [-0.4, -0.2) is 29.3 Å². The Balaban J connectivity index is 1.78. The highest BCUT2D eigenvalue weighted by atomic mass is 35.5. The zero-order valence-corrected chi connectivity index (χ0v) is 17.5. The fraction of sp³-hybridized carbons (Fsp3) is 0.211. The molecule has 9 heteroatoms. The van der Waals surface area contributed by atoms with E-state index < -0.39 is 0 Å². The maximum atomic E-state index is 12.6. The number of rotatable bonds is 7. The van der Waals surface area contributed by atoms with E-state index in [2.05, 4.69) is 15.5 Å².